The highest BCUT2D eigenvalue weighted by molar-refractivity contribution is 4.62. The summed E-state index contributed by atoms with van der Waals surface area (Å²) < 4.78 is 0. The first-order valence-electron chi connectivity index (χ1n) is 6.60. The molecule has 0 rings (SSSR count). The average molecular weight is 209 g/mol. The van der Waals surface area contributed by atoms with Gasteiger partial charge in [0, 0.05) is 0 Å². The van der Waals surface area contributed by atoms with Crippen molar-refractivity contribution in [1.29, 1.82) is 0 Å². The topological polar surface area (TPSA) is 0 Å². The third-order valence-corrected chi connectivity index (χ3v) is 2.80. The molecule has 15 heavy (non-hydrogen) atoms. The first-order chi connectivity index (χ1) is 7.06. The van der Waals surface area contributed by atoms with Crippen LogP contribution in [-0.2, 0) is 0 Å². The number of hydrogen-bond donors (Lipinski definition) is 0. The largest absolute Gasteiger partial charge is 0.0845 e. The van der Waals surface area contributed by atoms with Crippen molar-refractivity contribution in [2.75, 3.05) is 0 Å². The number of hydrogen-bond acceptors (Lipinski definition) is 0. The molecule has 0 aliphatic heterocycles. The summed E-state index contributed by atoms with van der Waals surface area (Å²) in [4.78, 5) is 0. The molecule has 0 aliphatic carbocycles. The summed E-state index contributed by atoms with van der Waals surface area (Å²) in [6.07, 6.45) is 13.9. The lowest BCUT2D eigenvalue weighted by Crippen LogP contribution is -2.03. The van der Waals surface area contributed by atoms with Crippen LogP contribution in [0.25, 0.3) is 0 Å². The van der Waals surface area contributed by atoms with Gasteiger partial charge >= 0.3 is 0 Å². The first-order valence-corrected chi connectivity index (χ1v) is 6.60. The van der Waals surface area contributed by atoms with Gasteiger partial charge in [0.15, 0.2) is 0 Å². The smallest absolute Gasteiger partial charge is 0.0348 e. The van der Waals surface area contributed by atoms with E-state index in [1.165, 1.54) is 51.4 Å². The summed E-state index contributed by atoms with van der Waals surface area (Å²) in [5.41, 5.74) is 0.525. The second-order valence-corrected chi connectivity index (χ2v) is 5.81. The molecule has 0 unspecified atom stereocenters. The van der Waals surface area contributed by atoms with Crippen LogP contribution in [0.3, 0.4) is 0 Å². The van der Waals surface area contributed by atoms with E-state index < -0.39 is 0 Å². The van der Waals surface area contributed by atoms with Crippen molar-refractivity contribution in [3.63, 3.8) is 0 Å². The van der Waals surface area contributed by atoms with Gasteiger partial charge in [-0.25, -0.2) is 0 Å². The van der Waals surface area contributed by atoms with Crippen molar-refractivity contribution in [3.05, 3.63) is 12.7 Å². The Morgan fingerprint density at radius 3 is 1.73 bits per heavy atom. The highest BCUT2D eigenvalue weighted by Gasteiger charge is 2.08. The molecule has 0 aromatic carbocycles. The average Bonchev–Trinajstić information content (AvgIpc) is 2.14. The van der Waals surface area contributed by atoms with E-state index >= 15 is 0 Å². The van der Waals surface area contributed by atoms with Crippen molar-refractivity contribution in [2.24, 2.45) is 5.41 Å². The minimum atomic E-state index is 0.525. The van der Waals surface area contributed by atoms with Crippen LogP contribution in [0.4, 0.5) is 0 Å². The van der Waals surface area contributed by atoms with Gasteiger partial charge in [-0.1, -0.05) is 72.0 Å². The van der Waals surface area contributed by atoms with Crippen molar-refractivity contribution >= 4 is 0 Å². The molecular weight excluding hydrogens is 180 g/mol. The Bertz CT molecular complexity index is 139. The zero-order valence-electron chi connectivity index (χ0n) is 11.0. The Morgan fingerprint density at radius 1 is 0.800 bits per heavy atom. The van der Waals surface area contributed by atoms with Gasteiger partial charge in [-0.2, -0.15) is 0 Å². The summed E-state index contributed by atoms with van der Waals surface area (Å²) in [5, 5.41) is 0. The van der Waals surface area contributed by atoms with E-state index in [0.717, 1.165) is 6.42 Å². The van der Waals surface area contributed by atoms with E-state index in [1.807, 2.05) is 0 Å². The molecule has 0 amide bonds. The zero-order valence-corrected chi connectivity index (χ0v) is 11.0. The number of allylic oxidation sites excluding steroid dienone is 1. The lowest BCUT2D eigenvalue weighted by atomic mass is 9.89. The lowest BCUT2D eigenvalue weighted by molar-refractivity contribution is 0.356. The molecule has 0 heterocycles. The molecule has 0 saturated heterocycles. The van der Waals surface area contributed by atoms with Crippen molar-refractivity contribution < 1.29 is 0 Å². The van der Waals surface area contributed by atoms with E-state index in [2.05, 4.69) is 20.8 Å². The standard InChI is InChI=1S/C15H29/c1-5-6-7-8-9-10-11-12-13-14-15(2,3)4/h1,5H,6-14H2,2-4H3. The Labute approximate surface area is 97.2 Å². The monoisotopic (exact) mass is 209 g/mol. The van der Waals surface area contributed by atoms with Crippen LogP contribution in [0.15, 0.2) is 6.08 Å². The quantitative estimate of drug-likeness (QED) is 0.438. The molecule has 0 aromatic rings. The summed E-state index contributed by atoms with van der Waals surface area (Å²) in [5.74, 6) is 0. The van der Waals surface area contributed by atoms with Crippen LogP contribution < -0.4 is 0 Å². The molecule has 0 bridgehead atoms. The van der Waals surface area contributed by atoms with Crippen LogP contribution in [0.1, 0.15) is 78.6 Å². The van der Waals surface area contributed by atoms with Gasteiger partial charge < -0.3 is 0 Å². The molecule has 1 radical (unpaired) electrons. The summed E-state index contributed by atoms with van der Waals surface area (Å²) in [6, 6.07) is 0. The Hall–Kier alpha value is -0.260. The van der Waals surface area contributed by atoms with E-state index in [9.17, 15) is 0 Å². The molecule has 0 heteroatoms. The van der Waals surface area contributed by atoms with Gasteiger partial charge in [-0.15, -0.1) is 0 Å². The molecule has 0 aliphatic rings. The summed E-state index contributed by atoms with van der Waals surface area (Å²) in [7, 11) is 0. The fourth-order valence-electron chi connectivity index (χ4n) is 1.80. The Balaban J connectivity index is 3.02. The second kappa shape index (κ2) is 9.00. The summed E-state index contributed by atoms with van der Waals surface area (Å²) >= 11 is 0. The van der Waals surface area contributed by atoms with E-state index in [4.69, 9.17) is 6.58 Å². The molecule has 0 fully saturated rings. The van der Waals surface area contributed by atoms with Crippen molar-refractivity contribution in [1.82, 2.24) is 0 Å². The zero-order chi connectivity index (χ0) is 11.6. The van der Waals surface area contributed by atoms with Crippen LogP contribution >= 0.6 is 0 Å². The van der Waals surface area contributed by atoms with E-state index in [1.54, 1.807) is 6.08 Å². The van der Waals surface area contributed by atoms with E-state index in [-0.39, 0.29) is 0 Å². The van der Waals surface area contributed by atoms with Crippen molar-refractivity contribution in [2.45, 2.75) is 78.6 Å². The van der Waals surface area contributed by atoms with Gasteiger partial charge in [0.2, 0.25) is 0 Å². The van der Waals surface area contributed by atoms with Gasteiger partial charge in [-0.3, -0.25) is 0 Å². The minimum Gasteiger partial charge on any atom is -0.0845 e. The lowest BCUT2D eigenvalue weighted by Gasteiger charge is -2.17. The summed E-state index contributed by atoms with van der Waals surface area (Å²) in [6.45, 7) is 12.3. The van der Waals surface area contributed by atoms with Crippen molar-refractivity contribution in [3.8, 4) is 0 Å². The maximum atomic E-state index is 5.32. The van der Waals surface area contributed by atoms with Gasteiger partial charge in [0.05, 0.1) is 0 Å². The fourth-order valence-corrected chi connectivity index (χ4v) is 1.80. The predicted molar refractivity (Wildman–Crippen MR) is 69.9 cm³/mol. The fraction of sp³-hybridized carbons (Fsp3) is 0.867. The van der Waals surface area contributed by atoms with Crippen LogP contribution in [0.2, 0.25) is 0 Å². The van der Waals surface area contributed by atoms with Crippen LogP contribution in [0.5, 0.6) is 0 Å². The maximum absolute atomic E-state index is 5.32. The number of unbranched alkanes of at least 4 members (excludes halogenated alkanes) is 7. The number of rotatable bonds is 9. The normalized spacial score (nSPS) is 11.7. The maximum Gasteiger partial charge on any atom is -0.0348 e. The van der Waals surface area contributed by atoms with Crippen LogP contribution in [-0.4, -0.2) is 0 Å². The second-order valence-electron chi connectivity index (χ2n) is 5.81. The molecule has 0 aromatic heterocycles. The highest BCUT2D eigenvalue weighted by atomic mass is 14.1. The van der Waals surface area contributed by atoms with Gasteiger partial charge in [0.1, 0.15) is 0 Å². The first kappa shape index (κ1) is 14.7. The van der Waals surface area contributed by atoms with Crippen LogP contribution in [0, 0.1) is 12.0 Å². The van der Waals surface area contributed by atoms with E-state index in [0.29, 0.717) is 5.41 Å². The van der Waals surface area contributed by atoms with Gasteiger partial charge in [0.25, 0.3) is 0 Å². The Kier molecular flexibility index (Phi) is 8.85. The molecule has 0 nitrogen and oxygen atoms in total. The molecule has 0 spiro atoms. The molecule has 0 N–H and O–H groups in total. The third-order valence-electron chi connectivity index (χ3n) is 2.80. The predicted octanol–water partition coefficient (Wildman–Crippen LogP) is 5.53. The van der Waals surface area contributed by atoms with Gasteiger partial charge in [-0.05, 0) is 24.7 Å². The molecule has 89 valence electrons. The molecule has 0 atom stereocenters. The molecular formula is C15H29. The highest BCUT2D eigenvalue weighted by Crippen LogP contribution is 2.22. The Morgan fingerprint density at radius 2 is 1.27 bits per heavy atom. The third kappa shape index (κ3) is 13.7. The molecule has 0 saturated carbocycles. The minimum absolute atomic E-state index is 0.525. The SMILES string of the molecule is [CH]=CCCCCCCCCCC(C)(C)C.